The molecule has 90 valence electrons. The highest BCUT2D eigenvalue weighted by atomic mass is 16.5. The van der Waals surface area contributed by atoms with E-state index in [1.165, 1.54) is 0 Å². The molecule has 0 amide bonds. The molecule has 0 bridgehead atoms. The van der Waals surface area contributed by atoms with Crippen LogP contribution < -0.4 is 5.73 Å². The van der Waals surface area contributed by atoms with Gasteiger partial charge in [0.2, 0.25) is 0 Å². The first-order valence-corrected chi connectivity index (χ1v) is 5.46. The Kier molecular flexibility index (Phi) is 5.83. The Hall–Kier alpha value is -0.610. The van der Waals surface area contributed by atoms with Gasteiger partial charge in [0, 0.05) is 6.54 Å². The first kappa shape index (κ1) is 14.4. The van der Waals surface area contributed by atoms with E-state index in [1.807, 2.05) is 13.8 Å². The number of ether oxygens (including phenoxy) is 1. The van der Waals surface area contributed by atoms with Crippen LogP contribution in [0.15, 0.2) is 0 Å². The molecule has 0 aromatic heterocycles. The molecule has 0 aromatic rings. The number of aliphatic hydroxyl groups is 1. The van der Waals surface area contributed by atoms with E-state index in [0.29, 0.717) is 13.0 Å². The van der Waals surface area contributed by atoms with Crippen LogP contribution in [0.4, 0.5) is 0 Å². The van der Waals surface area contributed by atoms with Gasteiger partial charge in [-0.25, -0.2) is 0 Å². The van der Waals surface area contributed by atoms with Crippen molar-refractivity contribution in [3.05, 3.63) is 0 Å². The van der Waals surface area contributed by atoms with Crippen molar-refractivity contribution >= 4 is 5.97 Å². The molecule has 0 saturated carbocycles. The van der Waals surface area contributed by atoms with Gasteiger partial charge in [0.1, 0.15) is 0 Å². The Labute approximate surface area is 91.8 Å². The van der Waals surface area contributed by atoms with E-state index in [0.717, 1.165) is 0 Å². The predicted molar refractivity (Wildman–Crippen MR) is 59.3 cm³/mol. The van der Waals surface area contributed by atoms with Gasteiger partial charge in [-0.3, -0.25) is 4.79 Å². The van der Waals surface area contributed by atoms with Gasteiger partial charge in [-0.1, -0.05) is 13.8 Å². The molecule has 3 N–H and O–H groups in total. The van der Waals surface area contributed by atoms with Crippen LogP contribution in [0.25, 0.3) is 0 Å². The molecule has 0 aliphatic heterocycles. The van der Waals surface area contributed by atoms with Crippen LogP contribution in [0.5, 0.6) is 0 Å². The summed E-state index contributed by atoms with van der Waals surface area (Å²) >= 11 is 0. The average molecular weight is 217 g/mol. The Morgan fingerprint density at radius 3 is 2.27 bits per heavy atom. The lowest BCUT2D eigenvalue weighted by Gasteiger charge is -2.34. The lowest BCUT2D eigenvalue weighted by Crippen LogP contribution is -2.46. The minimum Gasteiger partial charge on any atom is -0.466 e. The van der Waals surface area contributed by atoms with Crippen molar-refractivity contribution in [2.45, 2.75) is 40.2 Å². The van der Waals surface area contributed by atoms with Crippen molar-refractivity contribution < 1.29 is 14.6 Å². The van der Waals surface area contributed by atoms with E-state index in [-0.39, 0.29) is 18.4 Å². The first-order valence-electron chi connectivity index (χ1n) is 5.46. The summed E-state index contributed by atoms with van der Waals surface area (Å²) in [4.78, 5) is 11.9. The van der Waals surface area contributed by atoms with E-state index >= 15 is 0 Å². The van der Waals surface area contributed by atoms with Crippen LogP contribution in [-0.4, -0.2) is 30.3 Å². The number of nitrogens with two attached hydrogens (primary N) is 1. The van der Waals surface area contributed by atoms with Crippen LogP contribution in [-0.2, 0) is 9.53 Å². The average Bonchev–Trinajstić information content (AvgIpc) is 2.13. The molecule has 0 aromatic carbocycles. The fourth-order valence-corrected chi connectivity index (χ4v) is 1.76. The molecule has 15 heavy (non-hydrogen) atoms. The Morgan fingerprint density at radius 1 is 1.47 bits per heavy atom. The third-order valence-electron chi connectivity index (χ3n) is 2.81. The molecule has 2 unspecified atom stereocenters. The number of hydrogen-bond donors (Lipinski definition) is 2. The van der Waals surface area contributed by atoms with Crippen molar-refractivity contribution in [3.8, 4) is 0 Å². The molecule has 0 spiro atoms. The Morgan fingerprint density at radius 2 is 2.00 bits per heavy atom. The van der Waals surface area contributed by atoms with Crippen molar-refractivity contribution in [3.63, 3.8) is 0 Å². The van der Waals surface area contributed by atoms with E-state index in [1.54, 1.807) is 13.8 Å². The topological polar surface area (TPSA) is 72.5 Å². The fraction of sp³-hybridized carbons (Fsp3) is 0.909. The van der Waals surface area contributed by atoms with Crippen LogP contribution >= 0.6 is 0 Å². The fourth-order valence-electron chi connectivity index (χ4n) is 1.76. The summed E-state index contributed by atoms with van der Waals surface area (Å²) < 4.78 is 5.03. The second-order valence-corrected chi connectivity index (χ2v) is 4.29. The van der Waals surface area contributed by atoms with Crippen LogP contribution in [0, 0.1) is 11.3 Å². The van der Waals surface area contributed by atoms with Crippen molar-refractivity contribution in [2.24, 2.45) is 17.1 Å². The summed E-state index contributed by atoms with van der Waals surface area (Å²) in [5.41, 5.74) is 4.92. The van der Waals surface area contributed by atoms with Gasteiger partial charge in [-0.2, -0.15) is 0 Å². The normalized spacial score (nSPS) is 17.3. The highest BCUT2D eigenvalue weighted by Gasteiger charge is 2.42. The van der Waals surface area contributed by atoms with Gasteiger partial charge in [0.15, 0.2) is 0 Å². The molecule has 4 heteroatoms. The molecule has 0 saturated heterocycles. The third kappa shape index (κ3) is 3.47. The number of aliphatic hydroxyl groups excluding tert-OH is 1. The Balaban J connectivity index is 4.88. The van der Waals surface area contributed by atoms with E-state index < -0.39 is 11.5 Å². The second kappa shape index (κ2) is 6.08. The molecule has 0 aliphatic rings. The molecular formula is C11H23NO3. The van der Waals surface area contributed by atoms with E-state index in [4.69, 9.17) is 10.5 Å². The minimum absolute atomic E-state index is 0.0520. The number of esters is 1. The molecular weight excluding hydrogens is 194 g/mol. The highest BCUT2D eigenvalue weighted by molar-refractivity contribution is 5.77. The molecule has 0 fully saturated rings. The van der Waals surface area contributed by atoms with Gasteiger partial charge in [-0.05, 0) is 26.2 Å². The van der Waals surface area contributed by atoms with Gasteiger partial charge < -0.3 is 15.6 Å². The lowest BCUT2D eigenvalue weighted by molar-refractivity contribution is -0.160. The maximum Gasteiger partial charge on any atom is 0.313 e. The number of hydrogen-bond acceptors (Lipinski definition) is 4. The second-order valence-electron chi connectivity index (χ2n) is 4.29. The largest absolute Gasteiger partial charge is 0.466 e. The monoisotopic (exact) mass is 217 g/mol. The quantitative estimate of drug-likeness (QED) is 0.649. The molecule has 4 nitrogen and oxygen atoms in total. The van der Waals surface area contributed by atoms with Crippen LogP contribution in [0.2, 0.25) is 0 Å². The third-order valence-corrected chi connectivity index (χ3v) is 2.81. The Bertz CT molecular complexity index is 204. The van der Waals surface area contributed by atoms with Crippen molar-refractivity contribution in [1.29, 1.82) is 0 Å². The minimum atomic E-state index is -0.760. The number of carbonyl (C=O) groups is 1. The summed E-state index contributed by atoms with van der Waals surface area (Å²) in [6.07, 6.45) is -0.208. The van der Waals surface area contributed by atoms with Gasteiger partial charge >= 0.3 is 5.97 Å². The summed E-state index contributed by atoms with van der Waals surface area (Å²) in [7, 11) is 0. The lowest BCUT2D eigenvalue weighted by atomic mass is 9.73. The van der Waals surface area contributed by atoms with E-state index in [2.05, 4.69) is 0 Å². The molecule has 2 atom stereocenters. The smallest absolute Gasteiger partial charge is 0.313 e. The first-order chi connectivity index (χ1) is 6.90. The molecule has 0 aliphatic carbocycles. The summed E-state index contributed by atoms with van der Waals surface area (Å²) in [5.74, 6) is -0.250. The number of carbonyl (C=O) groups excluding carboxylic acids is 1. The van der Waals surface area contributed by atoms with Crippen molar-refractivity contribution in [2.75, 3.05) is 13.2 Å². The maximum atomic E-state index is 11.9. The SMILES string of the molecule is CCOC(=O)C(CN)(CC(C)O)C(C)C. The van der Waals surface area contributed by atoms with Gasteiger partial charge in [0.05, 0.1) is 18.1 Å². The van der Waals surface area contributed by atoms with Crippen molar-refractivity contribution in [1.82, 2.24) is 0 Å². The zero-order valence-electron chi connectivity index (χ0n) is 10.1. The van der Waals surface area contributed by atoms with E-state index in [9.17, 15) is 9.90 Å². The highest BCUT2D eigenvalue weighted by Crippen LogP contribution is 2.33. The maximum absolute atomic E-state index is 11.9. The number of rotatable bonds is 6. The molecule has 0 radical (unpaired) electrons. The molecule has 0 rings (SSSR count). The predicted octanol–water partition coefficient (Wildman–Crippen LogP) is 0.922. The summed E-state index contributed by atoms with van der Waals surface area (Å²) in [6, 6.07) is 0. The summed E-state index contributed by atoms with van der Waals surface area (Å²) in [5, 5.41) is 9.42. The standard InChI is InChI=1S/C11H23NO3/c1-5-15-10(14)11(7-12,8(2)3)6-9(4)13/h8-9,13H,5-7,12H2,1-4H3. The van der Waals surface area contributed by atoms with Gasteiger partial charge in [-0.15, -0.1) is 0 Å². The zero-order chi connectivity index (χ0) is 12.1. The molecule has 0 heterocycles. The van der Waals surface area contributed by atoms with Crippen LogP contribution in [0.3, 0.4) is 0 Å². The van der Waals surface area contributed by atoms with Crippen LogP contribution in [0.1, 0.15) is 34.1 Å². The van der Waals surface area contributed by atoms with Gasteiger partial charge in [0.25, 0.3) is 0 Å². The zero-order valence-corrected chi connectivity index (χ0v) is 10.1. The summed E-state index contributed by atoms with van der Waals surface area (Å²) in [6.45, 7) is 7.81.